The van der Waals surface area contributed by atoms with Gasteiger partial charge in [-0.2, -0.15) is 4.98 Å². The fraction of sp³-hybridized carbons (Fsp3) is 0.370. The van der Waals surface area contributed by atoms with E-state index in [2.05, 4.69) is 10.1 Å². The molecular weight excluding hydrogens is 444 g/mol. The Balaban J connectivity index is 1.24. The monoisotopic (exact) mass is 472 g/mol. The van der Waals surface area contributed by atoms with E-state index >= 15 is 0 Å². The highest BCUT2D eigenvalue weighted by atomic mass is 16.5. The summed E-state index contributed by atoms with van der Waals surface area (Å²) in [6.45, 7) is 0.478. The molecule has 0 spiro atoms. The smallest absolute Gasteiger partial charge is 0.261 e. The molecule has 1 aliphatic heterocycles. The first-order valence-electron chi connectivity index (χ1n) is 12.2. The minimum atomic E-state index is -0.290. The molecule has 0 saturated heterocycles. The van der Waals surface area contributed by atoms with E-state index in [1.54, 1.807) is 24.3 Å². The molecule has 2 heterocycles. The summed E-state index contributed by atoms with van der Waals surface area (Å²) >= 11 is 0. The zero-order valence-corrected chi connectivity index (χ0v) is 19.6. The molecule has 2 aliphatic rings. The lowest BCUT2D eigenvalue weighted by Crippen LogP contribution is -2.41. The van der Waals surface area contributed by atoms with Crippen LogP contribution < -0.4 is 0 Å². The normalized spacial score (nSPS) is 15.9. The molecule has 5 rings (SSSR count). The average molecular weight is 473 g/mol. The SMILES string of the molecule is O=C1c2ccccc2C(=O)N1CCCC(=O)N(Cc1nc(-c2ccccc2)no1)C1CCCCC1. The Labute approximate surface area is 203 Å². The third-order valence-corrected chi connectivity index (χ3v) is 6.79. The lowest BCUT2D eigenvalue weighted by molar-refractivity contribution is -0.135. The molecule has 1 aliphatic carbocycles. The van der Waals surface area contributed by atoms with Crippen LogP contribution in [0.2, 0.25) is 0 Å². The van der Waals surface area contributed by atoms with E-state index in [0.29, 0.717) is 29.3 Å². The maximum Gasteiger partial charge on any atom is 0.261 e. The highest BCUT2D eigenvalue weighted by Gasteiger charge is 2.35. The number of amides is 3. The van der Waals surface area contributed by atoms with Gasteiger partial charge in [-0.25, -0.2) is 0 Å². The van der Waals surface area contributed by atoms with Crippen LogP contribution in [0, 0.1) is 0 Å². The van der Waals surface area contributed by atoms with Crippen molar-refractivity contribution in [3.63, 3.8) is 0 Å². The van der Waals surface area contributed by atoms with Crippen molar-refractivity contribution >= 4 is 17.7 Å². The molecule has 0 atom stereocenters. The topological polar surface area (TPSA) is 96.6 Å². The third kappa shape index (κ3) is 4.87. The molecule has 8 nitrogen and oxygen atoms in total. The maximum absolute atomic E-state index is 13.3. The van der Waals surface area contributed by atoms with E-state index in [1.165, 1.54) is 11.3 Å². The Hall–Kier alpha value is -3.81. The van der Waals surface area contributed by atoms with Crippen LogP contribution in [-0.2, 0) is 11.3 Å². The number of hydrogen-bond acceptors (Lipinski definition) is 6. The lowest BCUT2D eigenvalue weighted by Gasteiger charge is -2.33. The molecule has 2 aromatic carbocycles. The molecule has 1 fully saturated rings. The minimum absolute atomic E-state index is 0.0204. The Morgan fingerprint density at radius 3 is 2.29 bits per heavy atom. The molecule has 0 bridgehead atoms. The number of benzene rings is 2. The van der Waals surface area contributed by atoms with E-state index in [0.717, 1.165) is 31.2 Å². The second kappa shape index (κ2) is 10.2. The number of hydrogen-bond donors (Lipinski definition) is 0. The zero-order valence-electron chi connectivity index (χ0n) is 19.6. The van der Waals surface area contributed by atoms with E-state index in [4.69, 9.17) is 4.52 Å². The molecule has 3 aromatic rings. The van der Waals surface area contributed by atoms with Gasteiger partial charge in [0.2, 0.25) is 17.6 Å². The zero-order chi connectivity index (χ0) is 24.2. The molecule has 35 heavy (non-hydrogen) atoms. The Bertz CT molecular complexity index is 1180. The summed E-state index contributed by atoms with van der Waals surface area (Å²) in [5.74, 6) is 0.307. The fourth-order valence-electron chi connectivity index (χ4n) is 4.96. The van der Waals surface area contributed by atoms with Crippen molar-refractivity contribution in [1.82, 2.24) is 19.9 Å². The first-order chi connectivity index (χ1) is 17.1. The Morgan fingerprint density at radius 1 is 0.943 bits per heavy atom. The van der Waals surface area contributed by atoms with Crippen molar-refractivity contribution in [1.29, 1.82) is 0 Å². The molecule has 0 N–H and O–H groups in total. The summed E-state index contributed by atoms with van der Waals surface area (Å²) in [7, 11) is 0. The second-order valence-electron chi connectivity index (χ2n) is 9.10. The first-order valence-corrected chi connectivity index (χ1v) is 12.2. The molecule has 0 radical (unpaired) electrons. The standard InChI is InChI=1S/C27H28N4O4/c32-24(16-9-17-30-26(33)21-14-7-8-15-22(21)27(30)34)31(20-12-5-2-6-13-20)18-23-28-25(29-35-23)19-10-3-1-4-11-19/h1,3-4,7-8,10-11,14-15,20H,2,5-6,9,12-13,16-18H2. The molecule has 180 valence electrons. The van der Waals surface area contributed by atoms with Gasteiger partial charge in [-0.1, -0.05) is 66.9 Å². The van der Waals surface area contributed by atoms with Gasteiger partial charge < -0.3 is 9.42 Å². The summed E-state index contributed by atoms with van der Waals surface area (Å²) in [4.78, 5) is 46.1. The van der Waals surface area contributed by atoms with Gasteiger partial charge in [0.05, 0.1) is 11.1 Å². The lowest BCUT2D eigenvalue weighted by atomic mass is 9.94. The van der Waals surface area contributed by atoms with Gasteiger partial charge in [0.15, 0.2) is 0 Å². The summed E-state index contributed by atoms with van der Waals surface area (Å²) in [5.41, 5.74) is 1.72. The van der Waals surface area contributed by atoms with Crippen molar-refractivity contribution in [3.8, 4) is 11.4 Å². The van der Waals surface area contributed by atoms with E-state index < -0.39 is 0 Å². The molecule has 1 aromatic heterocycles. The van der Waals surface area contributed by atoms with Crippen molar-refractivity contribution < 1.29 is 18.9 Å². The van der Waals surface area contributed by atoms with Crippen molar-refractivity contribution in [2.45, 2.75) is 57.5 Å². The Morgan fingerprint density at radius 2 is 1.60 bits per heavy atom. The molecule has 1 saturated carbocycles. The van der Waals surface area contributed by atoms with Gasteiger partial charge in [0.1, 0.15) is 6.54 Å². The van der Waals surface area contributed by atoms with Gasteiger partial charge in [0, 0.05) is 24.6 Å². The number of imide groups is 1. The Kier molecular flexibility index (Phi) is 6.70. The minimum Gasteiger partial charge on any atom is -0.337 e. The van der Waals surface area contributed by atoms with Crippen LogP contribution in [0.25, 0.3) is 11.4 Å². The number of fused-ring (bicyclic) bond motifs is 1. The number of carbonyl (C=O) groups excluding carboxylic acids is 3. The number of carbonyl (C=O) groups is 3. The largest absolute Gasteiger partial charge is 0.337 e. The summed E-state index contributed by atoms with van der Waals surface area (Å²) in [6, 6.07) is 16.5. The number of nitrogens with zero attached hydrogens (tertiary/aromatic N) is 4. The van der Waals surface area contributed by atoms with Gasteiger partial charge in [0.25, 0.3) is 11.8 Å². The number of aromatic nitrogens is 2. The summed E-state index contributed by atoms with van der Waals surface area (Å²) in [6.07, 6.45) is 5.89. The highest BCUT2D eigenvalue weighted by Crippen LogP contribution is 2.26. The summed E-state index contributed by atoms with van der Waals surface area (Å²) in [5, 5.41) is 4.09. The van der Waals surface area contributed by atoms with Crippen molar-refractivity contribution in [3.05, 3.63) is 71.6 Å². The first kappa shape index (κ1) is 23.0. The highest BCUT2D eigenvalue weighted by molar-refractivity contribution is 6.21. The molecule has 8 heteroatoms. The summed E-state index contributed by atoms with van der Waals surface area (Å²) < 4.78 is 5.49. The maximum atomic E-state index is 13.3. The molecule has 0 unspecified atom stereocenters. The average Bonchev–Trinajstić information content (AvgIpc) is 3.47. The van der Waals surface area contributed by atoms with Crippen molar-refractivity contribution in [2.24, 2.45) is 0 Å². The third-order valence-electron chi connectivity index (χ3n) is 6.79. The van der Waals surface area contributed by atoms with E-state index in [9.17, 15) is 14.4 Å². The van der Waals surface area contributed by atoms with Crippen LogP contribution in [-0.4, -0.2) is 50.2 Å². The number of rotatable bonds is 8. The van der Waals surface area contributed by atoms with Crippen LogP contribution in [0.3, 0.4) is 0 Å². The quantitative estimate of drug-likeness (QED) is 0.449. The van der Waals surface area contributed by atoms with Crippen LogP contribution in [0.15, 0.2) is 59.1 Å². The predicted molar refractivity (Wildman–Crippen MR) is 128 cm³/mol. The van der Waals surface area contributed by atoms with E-state index in [-0.39, 0.29) is 43.3 Å². The van der Waals surface area contributed by atoms with E-state index in [1.807, 2.05) is 35.2 Å². The fourth-order valence-corrected chi connectivity index (χ4v) is 4.96. The van der Waals surface area contributed by atoms with Crippen LogP contribution >= 0.6 is 0 Å². The predicted octanol–water partition coefficient (Wildman–Crippen LogP) is 4.47. The van der Waals surface area contributed by atoms with Gasteiger partial charge >= 0.3 is 0 Å². The van der Waals surface area contributed by atoms with Crippen LogP contribution in [0.1, 0.15) is 71.6 Å². The van der Waals surface area contributed by atoms with Gasteiger partial charge in [-0.05, 0) is 31.4 Å². The molecule has 3 amide bonds. The van der Waals surface area contributed by atoms with Gasteiger partial charge in [-0.15, -0.1) is 0 Å². The van der Waals surface area contributed by atoms with Crippen molar-refractivity contribution in [2.75, 3.05) is 6.54 Å². The molecular formula is C27H28N4O4. The second-order valence-corrected chi connectivity index (χ2v) is 9.10. The van der Waals surface area contributed by atoms with Crippen LogP contribution in [0.4, 0.5) is 0 Å². The van der Waals surface area contributed by atoms with Crippen LogP contribution in [0.5, 0.6) is 0 Å². The van der Waals surface area contributed by atoms with Gasteiger partial charge in [-0.3, -0.25) is 19.3 Å².